The third kappa shape index (κ3) is 2.95. The van der Waals surface area contributed by atoms with Gasteiger partial charge in [0.15, 0.2) is 0 Å². The van der Waals surface area contributed by atoms with Crippen LogP contribution in [-0.2, 0) is 11.3 Å². The van der Waals surface area contributed by atoms with Gasteiger partial charge < -0.3 is 9.64 Å². The summed E-state index contributed by atoms with van der Waals surface area (Å²) in [4.78, 5) is 18.3. The minimum atomic E-state index is -0.0255. The monoisotopic (exact) mass is 286 g/mol. The minimum Gasteiger partial charge on any atom is -0.381 e. The van der Waals surface area contributed by atoms with Gasteiger partial charge in [-0.05, 0) is 24.1 Å². The van der Waals surface area contributed by atoms with Gasteiger partial charge in [-0.2, -0.15) is 5.10 Å². The first-order chi connectivity index (χ1) is 10.3. The Balaban J connectivity index is 1.74. The number of carbonyl (C=O) groups is 1. The van der Waals surface area contributed by atoms with Crippen molar-refractivity contribution in [1.82, 2.24) is 20.1 Å². The summed E-state index contributed by atoms with van der Waals surface area (Å²) in [5, 5.41) is 7.00. The molecule has 1 saturated heterocycles. The number of ether oxygens (including phenoxy) is 1. The van der Waals surface area contributed by atoms with Crippen LogP contribution in [0.2, 0.25) is 0 Å². The summed E-state index contributed by atoms with van der Waals surface area (Å²) >= 11 is 0. The number of nitrogens with one attached hydrogen (secondary N) is 1. The van der Waals surface area contributed by atoms with Gasteiger partial charge in [-0.1, -0.05) is 0 Å². The van der Waals surface area contributed by atoms with Gasteiger partial charge in [0, 0.05) is 38.5 Å². The summed E-state index contributed by atoms with van der Waals surface area (Å²) < 4.78 is 5.39. The van der Waals surface area contributed by atoms with Crippen LogP contribution in [0.5, 0.6) is 0 Å². The highest BCUT2D eigenvalue weighted by molar-refractivity contribution is 5.95. The van der Waals surface area contributed by atoms with E-state index in [1.165, 1.54) is 0 Å². The molecule has 1 fully saturated rings. The predicted molar refractivity (Wildman–Crippen MR) is 76.8 cm³/mol. The largest absolute Gasteiger partial charge is 0.381 e. The van der Waals surface area contributed by atoms with Crippen LogP contribution in [0.1, 0.15) is 34.0 Å². The summed E-state index contributed by atoms with van der Waals surface area (Å²) in [7, 11) is 1.80. The van der Waals surface area contributed by atoms with Crippen molar-refractivity contribution in [2.45, 2.75) is 18.9 Å². The van der Waals surface area contributed by atoms with Gasteiger partial charge in [0.1, 0.15) is 0 Å². The number of carbonyl (C=O) groups excluding carboxylic acids is 1. The lowest BCUT2D eigenvalue weighted by molar-refractivity contribution is 0.0783. The second-order valence-electron chi connectivity index (χ2n) is 5.27. The third-order valence-corrected chi connectivity index (χ3v) is 3.75. The molecular formula is C15H18N4O2. The topological polar surface area (TPSA) is 71.1 Å². The highest BCUT2D eigenvalue weighted by atomic mass is 16.5. The fourth-order valence-corrected chi connectivity index (χ4v) is 2.58. The van der Waals surface area contributed by atoms with Crippen LogP contribution in [-0.4, -0.2) is 46.2 Å². The fourth-order valence-electron chi connectivity index (χ4n) is 2.58. The molecule has 2 aromatic rings. The van der Waals surface area contributed by atoms with E-state index >= 15 is 0 Å². The molecule has 1 aliphatic rings. The van der Waals surface area contributed by atoms with Crippen molar-refractivity contribution in [3.63, 3.8) is 0 Å². The number of aromatic nitrogens is 3. The normalized spacial score (nSPS) is 17.9. The van der Waals surface area contributed by atoms with E-state index in [9.17, 15) is 4.79 Å². The van der Waals surface area contributed by atoms with E-state index in [1.54, 1.807) is 30.5 Å². The van der Waals surface area contributed by atoms with Crippen LogP contribution in [0.3, 0.4) is 0 Å². The number of nitrogens with zero attached hydrogens (tertiary/aromatic N) is 3. The molecule has 3 heterocycles. The molecule has 1 amide bonds. The predicted octanol–water partition coefficient (Wildman–Crippen LogP) is 1.58. The fraction of sp³-hybridized carbons (Fsp3) is 0.400. The lowest BCUT2D eigenvalue weighted by atomic mass is 10.0. The lowest BCUT2D eigenvalue weighted by Crippen LogP contribution is -2.27. The van der Waals surface area contributed by atoms with Crippen LogP contribution < -0.4 is 0 Å². The smallest absolute Gasteiger partial charge is 0.257 e. The van der Waals surface area contributed by atoms with Gasteiger partial charge in [-0.25, -0.2) is 0 Å². The minimum absolute atomic E-state index is 0.0255. The summed E-state index contributed by atoms with van der Waals surface area (Å²) in [6.45, 7) is 1.94. The number of rotatable bonds is 4. The van der Waals surface area contributed by atoms with Crippen LogP contribution >= 0.6 is 0 Å². The molecular weight excluding hydrogens is 268 g/mol. The van der Waals surface area contributed by atoms with E-state index in [0.717, 1.165) is 24.3 Å². The van der Waals surface area contributed by atoms with E-state index in [4.69, 9.17) is 4.74 Å². The number of hydrogen-bond donors (Lipinski definition) is 1. The van der Waals surface area contributed by atoms with Gasteiger partial charge in [-0.3, -0.25) is 14.9 Å². The van der Waals surface area contributed by atoms with Crippen LogP contribution in [0, 0.1) is 0 Å². The molecule has 1 aliphatic heterocycles. The molecule has 6 heteroatoms. The summed E-state index contributed by atoms with van der Waals surface area (Å²) in [6, 6.07) is 3.82. The molecule has 0 spiro atoms. The first-order valence-electron chi connectivity index (χ1n) is 7.01. The third-order valence-electron chi connectivity index (χ3n) is 3.75. The highest BCUT2D eigenvalue weighted by Crippen LogP contribution is 2.26. The Morgan fingerprint density at radius 1 is 1.48 bits per heavy atom. The molecule has 0 aromatic carbocycles. The zero-order valence-electron chi connectivity index (χ0n) is 12.0. The molecule has 0 radical (unpaired) electrons. The molecule has 110 valence electrons. The van der Waals surface area contributed by atoms with Crippen molar-refractivity contribution in [3.8, 4) is 0 Å². The molecule has 0 saturated carbocycles. The number of pyridine rings is 1. The molecule has 6 nitrogen and oxygen atoms in total. The lowest BCUT2D eigenvalue weighted by Gasteiger charge is -2.18. The Bertz CT molecular complexity index is 605. The Labute approximate surface area is 123 Å². The SMILES string of the molecule is CN(Cc1ccncc1)C(=O)c1cn[nH]c1[C@@H]1CCOC1. The highest BCUT2D eigenvalue weighted by Gasteiger charge is 2.26. The average molecular weight is 286 g/mol. The van der Waals surface area contributed by atoms with E-state index in [1.807, 2.05) is 12.1 Å². The van der Waals surface area contributed by atoms with Crippen LogP contribution in [0.15, 0.2) is 30.7 Å². The number of amides is 1. The number of H-pyrrole nitrogens is 1. The molecule has 3 rings (SSSR count). The molecule has 21 heavy (non-hydrogen) atoms. The Morgan fingerprint density at radius 3 is 3.00 bits per heavy atom. The molecule has 1 atom stereocenters. The first-order valence-corrected chi connectivity index (χ1v) is 7.01. The quantitative estimate of drug-likeness (QED) is 0.926. The van der Waals surface area contributed by atoms with E-state index < -0.39 is 0 Å². The van der Waals surface area contributed by atoms with Crippen LogP contribution in [0.25, 0.3) is 0 Å². The number of aromatic amines is 1. The molecule has 2 aromatic heterocycles. The molecule has 0 bridgehead atoms. The first kappa shape index (κ1) is 13.8. The van der Waals surface area contributed by atoms with Crippen molar-refractivity contribution in [1.29, 1.82) is 0 Å². The zero-order chi connectivity index (χ0) is 14.7. The van der Waals surface area contributed by atoms with Gasteiger partial charge in [0.05, 0.1) is 24.1 Å². The van der Waals surface area contributed by atoms with E-state index in [-0.39, 0.29) is 11.8 Å². The Kier molecular flexibility index (Phi) is 3.96. The average Bonchev–Trinajstić information content (AvgIpc) is 3.18. The van der Waals surface area contributed by atoms with Gasteiger partial charge in [-0.15, -0.1) is 0 Å². The maximum atomic E-state index is 12.6. The standard InChI is InChI=1S/C15H18N4O2/c1-19(9-11-2-5-16-6-3-11)15(20)13-8-17-18-14(13)12-4-7-21-10-12/h2-3,5-6,8,12H,4,7,9-10H2,1H3,(H,17,18)/t12-/m1/s1. The van der Waals surface area contributed by atoms with Crippen molar-refractivity contribution in [2.75, 3.05) is 20.3 Å². The number of hydrogen-bond acceptors (Lipinski definition) is 4. The van der Waals surface area contributed by atoms with Crippen molar-refractivity contribution < 1.29 is 9.53 Å². The zero-order valence-corrected chi connectivity index (χ0v) is 12.0. The summed E-state index contributed by atoms with van der Waals surface area (Å²) in [5.41, 5.74) is 2.58. The van der Waals surface area contributed by atoms with Crippen molar-refractivity contribution >= 4 is 5.91 Å². The van der Waals surface area contributed by atoms with E-state index in [0.29, 0.717) is 18.7 Å². The van der Waals surface area contributed by atoms with Gasteiger partial charge in [0.2, 0.25) is 0 Å². The Hall–Kier alpha value is -2.21. The van der Waals surface area contributed by atoms with Crippen molar-refractivity contribution in [3.05, 3.63) is 47.5 Å². The maximum absolute atomic E-state index is 12.6. The second-order valence-corrected chi connectivity index (χ2v) is 5.27. The summed E-state index contributed by atoms with van der Waals surface area (Å²) in [5.74, 6) is 0.211. The van der Waals surface area contributed by atoms with Crippen molar-refractivity contribution in [2.24, 2.45) is 0 Å². The molecule has 0 unspecified atom stereocenters. The molecule has 1 N–H and O–H groups in total. The van der Waals surface area contributed by atoms with Gasteiger partial charge >= 0.3 is 0 Å². The van der Waals surface area contributed by atoms with Crippen LogP contribution in [0.4, 0.5) is 0 Å². The van der Waals surface area contributed by atoms with E-state index in [2.05, 4.69) is 15.2 Å². The van der Waals surface area contributed by atoms with Gasteiger partial charge in [0.25, 0.3) is 5.91 Å². The second kappa shape index (κ2) is 6.05. The Morgan fingerprint density at radius 2 is 2.29 bits per heavy atom. The molecule has 0 aliphatic carbocycles. The maximum Gasteiger partial charge on any atom is 0.257 e. The summed E-state index contributed by atoms with van der Waals surface area (Å²) in [6.07, 6.45) is 6.00.